The Morgan fingerprint density at radius 2 is 1.32 bits per heavy atom. The van der Waals surface area contributed by atoms with Crippen LogP contribution in [0.5, 0.6) is 0 Å². The molecule has 0 fully saturated rings. The Balaban J connectivity index is 1.92. The smallest absolute Gasteiger partial charge is 0.338 e. The van der Waals surface area contributed by atoms with E-state index in [1.165, 1.54) is 0 Å². The predicted octanol–water partition coefficient (Wildman–Crippen LogP) is 3.66. The second-order valence-corrected chi connectivity index (χ2v) is 5.23. The Bertz CT molecular complexity index is 733. The summed E-state index contributed by atoms with van der Waals surface area (Å²) in [6.07, 6.45) is 1.74. The van der Waals surface area contributed by atoms with Crippen LogP contribution in [0.4, 0.5) is 0 Å². The van der Waals surface area contributed by atoms with Gasteiger partial charge in [0, 0.05) is 6.21 Å². The second-order valence-electron chi connectivity index (χ2n) is 5.23. The van der Waals surface area contributed by atoms with E-state index in [0.717, 1.165) is 11.1 Å². The topological polar surface area (TPSA) is 65.0 Å². The highest BCUT2D eigenvalue weighted by Crippen LogP contribution is 2.08. The van der Waals surface area contributed by atoms with Crippen LogP contribution in [-0.4, -0.2) is 31.4 Å². The van der Waals surface area contributed by atoms with E-state index in [1.54, 1.807) is 44.3 Å². The lowest BCUT2D eigenvalue weighted by atomic mass is 10.1. The van der Waals surface area contributed by atoms with E-state index in [0.29, 0.717) is 30.9 Å². The van der Waals surface area contributed by atoms with Crippen LogP contribution in [0, 0.1) is 0 Å². The quantitative estimate of drug-likeness (QED) is 0.570. The summed E-state index contributed by atoms with van der Waals surface area (Å²) in [6, 6.07) is 14.2. The van der Waals surface area contributed by atoms with Crippen molar-refractivity contribution in [1.29, 1.82) is 0 Å². The fraction of sp³-hybridized carbons (Fsp3) is 0.250. The van der Waals surface area contributed by atoms with Crippen molar-refractivity contribution in [2.45, 2.75) is 20.4 Å². The number of esters is 2. The molecule has 0 N–H and O–H groups in total. The highest BCUT2D eigenvalue weighted by atomic mass is 16.5. The van der Waals surface area contributed by atoms with Gasteiger partial charge in [-0.05, 0) is 49.2 Å². The molecule has 25 heavy (non-hydrogen) atoms. The Hall–Kier alpha value is -2.95. The van der Waals surface area contributed by atoms with E-state index >= 15 is 0 Å². The van der Waals surface area contributed by atoms with Crippen LogP contribution in [0.3, 0.4) is 0 Å². The average Bonchev–Trinajstić information content (AvgIpc) is 2.63. The Morgan fingerprint density at radius 1 is 0.840 bits per heavy atom. The Kier molecular flexibility index (Phi) is 6.89. The van der Waals surface area contributed by atoms with Gasteiger partial charge >= 0.3 is 11.9 Å². The van der Waals surface area contributed by atoms with Gasteiger partial charge in [-0.25, -0.2) is 9.59 Å². The number of ether oxygens (including phenoxy) is 2. The van der Waals surface area contributed by atoms with E-state index in [2.05, 4.69) is 4.99 Å². The molecule has 0 bridgehead atoms. The fourth-order valence-electron chi connectivity index (χ4n) is 2.14. The van der Waals surface area contributed by atoms with Gasteiger partial charge in [0.2, 0.25) is 0 Å². The van der Waals surface area contributed by atoms with E-state index in [9.17, 15) is 9.59 Å². The van der Waals surface area contributed by atoms with Crippen molar-refractivity contribution in [3.63, 3.8) is 0 Å². The van der Waals surface area contributed by atoms with Gasteiger partial charge in [0.25, 0.3) is 0 Å². The minimum atomic E-state index is -0.326. The third-order valence-electron chi connectivity index (χ3n) is 3.40. The Morgan fingerprint density at radius 3 is 1.80 bits per heavy atom. The molecule has 0 aliphatic carbocycles. The van der Waals surface area contributed by atoms with Gasteiger partial charge in [0.1, 0.15) is 0 Å². The molecule has 0 heterocycles. The summed E-state index contributed by atoms with van der Waals surface area (Å²) in [6.45, 7) is 4.78. The van der Waals surface area contributed by atoms with E-state index in [1.807, 2.05) is 24.3 Å². The van der Waals surface area contributed by atoms with Crippen molar-refractivity contribution in [2.24, 2.45) is 4.99 Å². The van der Waals surface area contributed by atoms with Gasteiger partial charge in [-0.2, -0.15) is 0 Å². The van der Waals surface area contributed by atoms with Crippen molar-refractivity contribution in [1.82, 2.24) is 0 Å². The van der Waals surface area contributed by atoms with E-state index in [4.69, 9.17) is 9.47 Å². The lowest BCUT2D eigenvalue weighted by Crippen LogP contribution is -2.04. The van der Waals surface area contributed by atoms with Crippen LogP contribution >= 0.6 is 0 Å². The maximum Gasteiger partial charge on any atom is 0.338 e. The first-order valence-corrected chi connectivity index (χ1v) is 8.17. The summed E-state index contributed by atoms with van der Waals surface area (Å²) in [4.78, 5) is 27.5. The summed E-state index contributed by atoms with van der Waals surface area (Å²) >= 11 is 0. The molecule has 0 amide bonds. The highest BCUT2D eigenvalue weighted by molar-refractivity contribution is 5.91. The zero-order valence-corrected chi connectivity index (χ0v) is 14.4. The van der Waals surface area contributed by atoms with Crippen molar-refractivity contribution >= 4 is 18.2 Å². The molecule has 0 aromatic heterocycles. The third-order valence-corrected chi connectivity index (χ3v) is 3.40. The normalized spacial score (nSPS) is 10.6. The van der Waals surface area contributed by atoms with Crippen LogP contribution in [0.15, 0.2) is 53.5 Å². The second kappa shape index (κ2) is 9.37. The van der Waals surface area contributed by atoms with Gasteiger partial charge in [-0.3, -0.25) is 4.99 Å². The molecule has 0 saturated heterocycles. The molecular weight excluding hydrogens is 318 g/mol. The maximum absolute atomic E-state index is 11.6. The number of hydrogen-bond donors (Lipinski definition) is 0. The molecule has 0 radical (unpaired) electrons. The molecule has 0 saturated carbocycles. The molecule has 0 atom stereocenters. The van der Waals surface area contributed by atoms with Crippen molar-refractivity contribution in [3.8, 4) is 0 Å². The van der Waals surface area contributed by atoms with Gasteiger partial charge in [-0.15, -0.1) is 0 Å². The van der Waals surface area contributed by atoms with Gasteiger partial charge in [0.05, 0.1) is 30.9 Å². The summed E-state index contributed by atoms with van der Waals surface area (Å²) in [5.74, 6) is -0.646. The van der Waals surface area contributed by atoms with Crippen molar-refractivity contribution in [3.05, 3.63) is 70.8 Å². The monoisotopic (exact) mass is 339 g/mol. The molecule has 0 aliphatic heterocycles. The zero-order chi connectivity index (χ0) is 18.1. The molecule has 2 aromatic rings. The SMILES string of the molecule is CCOC(=O)c1ccc(C=NCc2ccc(C(=O)OCC)cc2)cc1. The molecule has 5 nitrogen and oxygen atoms in total. The first-order valence-electron chi connectivity index (χ1n) is 8.17. The predicted molar refractivity (Wildman–Crippen MR) is 96.1 cm³/mol. The largest absolute Gasteiger partial charge is 0.462 e. The highest BCUT2D eigenvalue weighted by Gasteiger charge is 2.06. The molecule has 0 unspecified atom stereocenters. The van der Waals surface area contributed by atoms with Crippen LogP contribution in [-0.2, 0) is 16.0 Å². The number of rotatable bonds is 7. The molecule has 5 heteroatoms. The lowest BCUT2D eigenvalue weighted by Gasteiger charge is -2.03. The Labute approximate surface area is 147 Å². The lowest BCUT2D eigenvalue weighted by molar-refractivity contribution is 0.0516. The van der Waals surface area contributed by atoms with Crippen LogP contribution in [0.25, 0.3) is 0 Å². The number of hydrogen-bond acceptors (Lipinski definition) is 5. The number of nitrogens with zero attached hydrogens (tertiary/aromatic N) is 1. The van der Waals surface area contributed by atoms with Gasteiger partial charge < -0.3 is 9.47 Å². The molecule has 2 aromatic carbocycles. The van der Waals surface area contributed by atoms with Crippen LogP contribution < -0.4 is 0 Å². The fourth-order valence-corrected chi connectivity index (χ4v) is 2.14. The molecule has 2 rings (SSSR count). The number of carbonyl (C=O) groups excluding carboxylic acids is 2. The standard InChI is InChI=1S/C20H21NO4/c1-3-24-19(22)17-9-5-15(6-10-17)13-21-14-16-7-11-18(12-8-16)20(23)25-4-2/h5-13H,3-4,14H2,1-2H3. The molecular formula is C20H21NO4. The van der Waals surface area contributed by atoms with Gasteiger partial charge in [0.15, 0.2) is 0 Å². The zero-order valence-electron chi connectivity index (χ0n) is 14.4. The van der Waals surface area contributed by atoms with E-state index in [-0.39, 0.29) is 11.9 Å². The van der Waals surface area contributed by atoms with Gasteiger partial charge in [-0.1, -0.05) is 24.3 Å². The summed E-state index contributed by atoms with van der Waals surface area (Å²) in [5, 5.41) is 0. The molecule has 0 spiro atoms. The van der Waals surface area contributed by atoms with Crippen LogP contribution in [0.2, 0.25) is 0 Å². The number of benzene rings is 2. The minimum absolute atomic E-state index is 0.320. The first kappa shape index (κ1) is 18.4. The van der Waals surface area contributed by atoms with Crippen LogP contribution in [0.1, 0.15) is 45.7 Å². The summed E-state index contributed by atoms with van der Waals surface area (Å²) in [5.41, 5.74) is 2.95. The maximum atomic E-state index is 11.6. The molecule has 130 valence electrons. The first-order chi connectivity index (χ1) is 12.1. The van der Waals surface area contributed by atoms with E-state index < -0.39 is 0 Å². The average molecular weight is 339 g/mol. The van der Waals surface area contributed by atoms with Crippen molar-refractivity contribution in [2.75, 3.05) is 13.2 Å². The number of carbonyl (C=O) groups is 2. The molecule has 0 aliphatic rings. The summed E-state index contributed by atoms with van der Waals surface area (Å²) < 4.78 is 9.89. The minimum Gasteiger partial charge on any atom is -0.462 e. The number of aliphatic imine (C=N–C) groups is 1. The van der Waals surface area contributed by atoms with Crippen molar-refractivity contribution < 1.29 is 19.1 Å². The summed E-state index contributed by atoms with van der Waals surface area (Å²) in [7, 11) is 0. The third kappa shape index (κ3) is 5.57.